The van der Waals surface area contributed by atoms with Crippen LogP contribution in [0.4, 0.5) is 0 Å². The lowest BCUT2D eigenvalue weighted by Crippen LogP contribution is -2.30. The van der Waals surface area contributed by atoms with E-state index in [2.05, 4.69) is 158 Å². The summed E-state index contributed by atoms with van der Waals surface area (Å²) in [6.07, 6.45) is 0. The Bertz CT molecular complexity index is 2000. The number of fused-ring (bicyclic) bond motifs is 1. The number of hydrogen-bond acceptors (Lipinski definition) is 2. The maximum atomic E-state index is 15.3. The zero-order chi connectivity index (χ0) is 39.7. The number of amides is 2. The van der Waals surface area contributed by atoms with Crippen LogP contribution >= 0.6 is 0 Å². The first-order valence-electron chi connectivity index (χ1n) is 19.5. The van der Waals surface area contributed by atoms with E-state index in [9.17, 15) is 0 Å². The van der Waals surface area contributed by atoms with Gasteiger partial charge in [0, 0.05) is 0 Å². The minimum atomic E-state index is -0.133. The van der Waals surface area contributed by atoms with Crippen LogP contribution in [0.15, 0.2) is 96.1 Å². The lowest BCUT2D eigenvalue weighted by molar-refractivity contribution is -0.124. The van der Waals surface area contributed by atoms with Crippen molar-refractivity contribution < 1.29 is 9.59 Å². The Hall–Kier alpha value is -4.70. The molecule has 2 heterocycles. The van der Waals surface area contributed by atoms with E-state index in [1.807, 2.05) is 34.1 Å². The van der Waals surface area contributed by atoms with Crippen molar-refractivity contribution in [3.8, 4) is 0 Å². The summed E-state index contributed by atoms with van der Waals surface area (Å²) < 4.78 is 0. The molecule has 2 amide bonds. The average Bonchev–Trinajstić information content (AvgIpc) is 3.49. The topological polar surface area (TPSA) is 40.6 Å². The first kappa shape index (κ1) is 39.0. The number of benzene rings is 4. The molecule has 4 heteroatoms. The first-order chi connectivity index (χ1) is 24.9. The van der Waals surface area contributed by atoms with Gasteiger partial charge in [0.25, 0.3) is 11.8 Å². The van der Waals surface area contributed by atoms with Crippen molar-refractivity contribution in [2.24, 2.45) is 0 Å². The second-order valence-corrected chi connectivity index (χ2v) is 19.8. The van der Waals surface area contributed by atoms with Crippen molar-refractivity contribution >= 4 is 23.2 Å². The monoisotopic (exact) mass is 720 g/mol. The second kappa shape index (κ2) is 13.6. The summed E-state index contributed by atoms with van der Waals surface area (Å²) in [6, 6.07) is 30.0. The number of carbonyl (C=O) groups is 2. The molecule has 0 unspecified atom stereocenters. The first-order valence-corrected chi connectivity index (χ1v) is 19.5. The van der Waals surface area contributed by atoms with Gasteiger partial charge >= 0.3 is 0 Å². The van der Waals surface area contributed by atoms with Gasteiger partial charge in [-0.05, 0) is 92.1 Å². The third kappa shape index (κ3) is 7.63. The molecule has 6 rings (SSSR count). The number of nitrogens with zero attached hydrogens (tertiary/aromatic N) is 2. The molecule has 4 nitrogen and oxygen atoms in total. The van der Waals surface area contributed by atoms with Gasteiger partial charge in [-0.1, -0.05) is 167 Å². The van der Waals surface area contributed by atoms with Crippen molar-refractivity contribution in [3.63, 3.8) is 0 Å². The molecular formula is C50H60N2O2. The molecule has 0 N–H and O–H groups in total. The molecule has 0 aliphatic carbocycles. The zero-order valence-electron chi connectivity index (χ0n) is 35.2. The van der Waals surface area contributed by atoms with E-state index in [1.165, 1.54) is 22.3 Å². The van der Waals surface area contributed by atoms with E-state index in [0.29, 0.717) is 35.6 Å². The van der Waals surface area contributed by atoms with Crippen LogP contribution in [0.25, 0.3) is 11.4 Å². The summed E-state index contributed by atoms with van der Waals surface area (Å²) in [5.74, 6) is -0.266. The highest BCUT2D eigenvalue weighted by Crippen LogP contribution is 2.48. The molecule has 54 heavy (non-hydrogen) atoms. The molecule has 0 bridgehead atoms. The van der Waals surface area contributed by atoms with Gasteiger partial charge in [-0.2, -0.15) is 0 Å². The minimum Gasteiger partial charge on any atom is -0.302 e. The summed E-state index contributed by atoms with van der Waals surface area (Å²) in [4.78, 5) is 34.3. The molecular weight excluding hydrogens is 661 g/mol. The Morgan fingerprint density at radius 3 is 0.981 bits per heavy atom. The molecule has 0 aromatic heterocycles. The molecule has 0 fully saturated rings. The molecule has 282 valence electrons. The van der Waals surface area contributed by atoms with Crippen molar-refractivity contribution in [2.75, 3.05) is 0 Å². The molecule has 2 aliphatic rings. The third-order valence-electron chi connectivity index (χ3n) is 10.9. The van der Waals surface area contributed by atoms with E-state index in [-0.39, 0.29) is 33.5 Å². The number of hydrogen-bond donors (Lipinski definition) is 0. The van der Waals surface area contributed by atoms with Crippen LogP contribution in [0.2, 0.25) is 0 Å². The largest absolute Gasteiger partial charge is 0.302 e. The van der Waals surface area contributed by atoms with Crippen LogP contribution in [-0.4, -0.2) is 21.6 Å². The second-order valence-electron chi connectivity index (χ2n) is 19.8. The van der Waals surface area contributed by atoms with Crippen LogP contribution in [0, 0.1) is 13.8 Å². The highest BCUT2D eigenvalue weighted by Gasteiger charge is 2.49. The van der Waals surface area contributed by atoms with Gasteiger partial charge in [-0.3, -0.25) is 9.59 Å². The predicted octanol–water partition coefficient (Wildman–Crippen LogP) is 11.7. The highest BCUT2D eigenvalue weighted by atomic mass is 16.2. The predicted molar refractivity (Wildman–Crippen MR) is 225 cm³/mol. The van der Waals surface area contributed by atoms with Crippen LogP contribution in [-0.2, 0) is 44.3 Å². The van der Waals surface area contributed by atoms with Crippen molar-refractivity contribution in [3.05, 3.63) is 152 Å². The van der Waals surface area contributed by atoms with Crippen LogP contribution < -0.4 is 0 Å². The molecule has 4 aromatic rings. The van der Waals surface area contributed by atoms with Crippen molar-refractivity contribution in [2.45, 2.75) is 132 Å². The normalized spacial score (nSPS) is 15.6. The van der Waals surface area contributed by atoms with Crippen molar-refractivity contribution in [1.29, 1.82) is 0 Å². The van der Waals surface area contributed by atoms with E-state index in [0.717, 1.165) is 33.4 Å². The van der Waals surface area contributed by atoms with Gasteiger partial charge in [0.05, 0.1) is 35.6 Å². The fraction of sp³-hybridized carbons (Fsp3) is 0.400. The maximum Gasteiger partial charge on any atom is 0.261 e. The molecule has 0 radical (unpaired) electrons. The zero-order valence-corrected chi connectivity index (χ0v) is 35.2. The van der Waals surface area contributed by atoms with Gasteiger partial charge in [0.1, 0.15) is 0 Å². The fourth-order valence-corrected chi connectivity index (χ4v) is 7.55. The molecule has 0 saturated heterocycles. The molecule has 0 saturated carbocycles. The summed E-state index contributed by atoms with van der Waals surface area (Å²) in [5, 5.41) is 0. The quantitative estimate of drug-likeness (QED) is 0.199. The Morgan fingerprint density at radius 1 is 0.426 bits per heavy atom. The summed E-state index contributed by atoms with van der Waals surface area (Å²) in [6.45, 7) is 31.6. The minimum absolute atomic E-state index is 0.0755. The lowest BCUT2D eigenvalue weighted by atomic mass is 9.79. The average molecular weight is 721 g/mol. The molecule has 4 aromatic carbocycles. The van der Waals surface area contributed by atoms with Gasteiger partial charge < -0.3 is 9.80 Å². The molecule has 0 spiro atoms. The Labute approximate surface area is 325 Å². The third-order valence-corrected chi connectivity index (χ3v) is 10.9. The number of carbonyl (C=O) groups excluding carboxylic acids is 2. The van der Waals surface area contributed by atoms with Gasteiger partial charge in [-0.25, -0.2) is 0 Å². The Morgan fingerprint density at radius 2 is 0.722 bits per heavy atom. The van der Waals surface area contributed by atoms with E-state index < -0.39 is 0 Å². The molecule has 0 atom stereocenters. The Balaban J connectivity index is 1.59. The van der Waals surface area contributed by atoms with Crippen LogP contribution in [0.3, 0.4) is 0 Å². The van der Waals surface area contributed by atoms with Crippen LogP contribution in [0.1, 0.15) is 139 Å². The van der Waals surface area contributed by atoms with Gasteiger partial charge in [0.15, 0.2) is 0 Å². The number of rotatable bonds is 6. The number of aryl methyl sites for hydroxylation is 2. The van der Waals surface area contributed by atoms with Crippen molar-refractivity contribution in [1.82, 2.24) is 9.80 Å². The summed E-state index contributed by atoms with van der Waals surface area (Å²) >= 11 is 0. The Kier molecular flexibility index (Phi) is 9.79. The van der Waals surface area contributed by atoms with Gasteiger partial charge in [-0.15, -0.1) is 0 Å². The highest BCUT2D eigenvalue weighted by molar-refractivity contribution is 6.30. The smallest absolute Gasteiger partial charge is 0.261 e. The summed E-state index contributed by atoms with van der Waals surface area (Å²) in [7, 11) is 0. The SMILES string of the molecule is Cc1cccc(C2=C3C(=O)N(Cc4cc(C(C)(C)C)cc(C(C)(C)C)c4)C(c4cccc(C)c4)=C3C(=O)N2Cc2cc(C(C)(C)C)cc(C(C)(C)C)c2)c1. The van der Waals surface area contributed by atoms with Crippen LogP contribution in [0.5, 0.6) is 0 Å². The van der Waals surface area contributed by atoms with E-state index in [4.69, 9.17) is 0 Å². The van der Waals surface area contributed by atoms with Gasteiger partial charge in [0.2, 0.25) is 0 Å². The van der Waals surface area contributed by atoms with E-state index in [1.54, 1.807) is 0 Å². The maximum absolute atomic E-state index is 15.3. The fourth-order valence-electron chi connectivity index (χ4n) is 7.55. The summed E-state index contributed by atoms with van der Waals surface area (Å²) in [5.41, 5.74) is 13.0. The van der Waals surface area contributed by atoms with E-state index >= 15 is 9.59 Å². The lowest BCUT2D eigenvalue weighted by Gasteiger charge is -2.29. The standard InChI is InChI=1S/C50H60N2O2/c1-31-17-15-19-35(21-31)43-41-42(46(54)51(43)29-33-23-37(47(3,4)5)27-38(24-33)48(6,7)8)44(36-20-16-18-32(2)22-36)52(45(41)53)30-34-25-39(49(9,10)11)28-40(26-34)50(12,13)14/h15-28H,29-30H2,1-14H3. The molecule has 2 aliphatic heterocycles.